The first-order valence-corrected chi connectivity index (χ1v) is 7.45. The molecule has 0 radical (unpaired) electrons. The van der Waals surface area contributed by atoms with Gasteiger partial charge in [-0.05, 0) is 19.3 Å². The number of hydrogen-bond acceptors (Lipinski definition) is 4. The van der Waals surface area contributed by atoms with E-state index in [0.717, 1.165) is 19.3 Å². The minimum absolute atomic E-state index is 0.0164. The third-order valence-electron chi connectivity index (χ3n) is 3.72. The lowest BCUT2D eigenvalue weighted by atomic mass is 9.90. The third-order valence-corrected chi connectivity index (χ3v) is 3.72. The Hall–Kier alpha value is -1.26. The van der Waals surface area contributed by atoms with Gasteiger partial charge < -0.3 is 14.8 Å². The van der Waals surface area contributed by atoms with E-state index < -0.39 is 6.09 Å². The molecular formula is C15H29NO4. The number of methoxy groups -OCH3 is 1. The molecule has 5 heteroatoms. The molecule has 1 amide bonds. The highest BCUT2D eigenvalue weighted by Crippen LogP contribution is 2.17. The van der Waals surface area contributed by atoms with Crippen molar-refractivity contribution in [3.63, 3.8) is 0 Å². The maximum Gasteiger partial charge on any atom is 0.407 e. The van der Waals surface area contributed by atoms with E-state index in [2.05, 4.69) is 17.0 Å². The maximum absolute atomic E-state index is 11.9. The van der Waals surface area contributed by atoms with E-state index in [1.54, 1.807) is 0 Å². The van der Waals surface area contributed by atoms with Crippen molar-refractivity contribution >= 4 is 12.1 Å². The molecule has 0 heterocycles. The molecule has 0 aliphatic rings. The molecule has 0 saturated heterocycles. The van der Waals surface area contributed by atoms with Crippen molar-refractivity contribution in [1.29, 1.82) is 0 Å². The Morgan fingerprint density at radius 1 is 1.10 bits per heavy atom. The van der Waals surface area contributed by atoms with Gasteiger partial charge in [0.1, 0.15) is 0 Å². The van der Waals surface area contributed by atoms with Crippen molar-refractivity contribution in [2.75, 3.05) is 13.7 Å². The van der Waals surface area contributed by atoms with Crippen molar-refractivity contribution in [3.8, 4) is 0 Å². The summed E-state index contributed by atoms with van der Waals surface area (Å²) in [6.07, 6.45) is 3.86. The van der Waals surface area contributed by atoms with Gasteiger partial charge in [0.2, 0.25) is 0 Å². The van der Waals surface area contributed by atoms with Crippen LogP contribution in [0.3, 0.4) is 0 Å². The van der Waals surface area contributed by atoms with E-state index in [1.807, 2.05) is 20.8 Å². The van der Waals surface area contributed by atoms with Crippen LogP contribution < -0.4 is 5.32 Å². The van der Waals surface area contributed by atoms with Crippen LogP contribution in [0.4, 0.5) is 4.79 Å². The van der Waals surface area contributed by atoms with Crippen molar-refractivity contribution in [3.05, 3.63) is 0 Å². The summed E-state index contributed by atoms with van der Waals surface area (Å²) in [7, 11) is 1.32. The fraction of sp³-hybridized carbons (Fsp3) is 0.867. The molecule has 3 atom stereocenters. The van der Waals surface area contributed by atoms with E-state index >= 15 is 0 Å². The van der Waals surface area contributed by atoms with Crippen LogP contribution >= 0.6 is 0 Å². The van der Waals surface area contributed by atoms with Gasteiger partial charge in [0.25, 0.3) is 0 Å². The molecular weight excluding hydrogens is 258 g/mol. The lowest BCUT2D eigenvalue weighted by Crippen LogP contribution is -2.41. The zero-order chi connectivity index (χ0) is 15.5. The second kappa shape index (κ2) is 10.5. The van der Waals surface area contributed by atoms with E-state index in [0.29, 0.717) is 6.61 Å². The number of nitrogens with one attached hydrogen (secondary N) is 1. The number of amides is 1. The average Bonchev–Trinajstić information content (AvgIpc) is 2.44. The first kappa shape index (κ1) is 18.7. The smallest absolute Gasteiger partial charge is 0.407 e. The van der Waals surface area contributed by atoms with Crippen molar-refractivity contribution in [1.82, 2.24) is 5.32 Å². The molecule has 0 aromatic heterocycles. The predicted molar refractivity (Wildman–Crippen MR) is 78.4 cm³/mol. The molecule has 0 aliphatic heterocycles. The van der Waals surface area contributed by atoms with Gasteiger partial charge in [-0.1, -0.05) is 40.0 Å². The van der Waals surface area contributed by atoms with E-state index in [4.69, 9.17) is 4.74 Å². The van der Waals surface area contributed by atoms with Crippen LogP contribution in [0, 0.1) is 11.8 Å². The van der Waals surface area contributed by atoms with E-state index in [-0.39, 0.29) is 23.8 Å². The standard InChI is InChI=1S/C15H29NO4/c1-6-7-8-9-10-20-14(17)12(3)11(2)13(4)16-15(18)19-5/h11-13H,6-10H2,1-5H3,(H,16,18). The number of carbonyl (C=O) groups is 2. The van der Waals surface area contributed by atoms with Gasteiger partial charge in [-0.15, -0.1) is 0 Å². The highest BCUT2D eigenvalue weighted by atomic mass is 16.5. The summed E-state index contributed by atoms with van der Waals surface area (Å²) in [6.45, 7) is 8.23. The maximum atomic E-state index is 11.9. The Kier molecular flexibility index (Phi) is 9.86. The Balaban J connectivity index is 4.05. The Bertz CT molecular complexity index is 294. The number of hydrogen-bond donors (Lipinski definition) is 1. The Labute approximate surface area is 122 Å². The zero-order valence-corrected chi connectivity index (χ0v) is 13.4. The van der Waals surface area contributed by atoms with Crippen LogP contribution in [-0.4, -0.2) is 31.8 Å². The monoisotopic (exact) mass is 287 g/mol. The normalized spacial score (nSPS) is 15.1. The molecule has 20 heavy (non-hydrogen) atoms. The van der Waals surface area contributed by atoms with E-state index in [9.17, 15) is 9.59 Å². The Morgan fingerprint density at radius 2 is 1.75 bits per heavy atom. The molecule has 0 fully saturated rings. The van der Waals surface area contributed by atoms with E-state index in [1.165, 1.54) is 13.5 Å². The fourth-order valence-electron chi connectivity index (χ4n) is 1.86. The van der Waals surface area contributed by atoms with Gasteiger partial charge in [0, 0.05) is 6.04 Å². The molecule has 0 aromatic rings. The van der Waals surface area contributed by atoms with Gasteiger partial charge >= 0.3 is 12.1 Å². The van der Waals surface area contributed by atoms with Gasteiger partial charge in [0.15, 0.2) is 0 Å². The lowest BCUT2D eigenvalue weighted by molar-refractivity contribution is -0.150. The van der Waals surface area contributed by atoms with Crippen LogP contribution in [0.15, 0.2) is 0 Å². The second-order valence-corrected chi connectivity index (χ2v) is 5.30. The van der Waals surface area contributed by atoms with Gasteiger partial charge in [-0.2, -0.15) is 0 Å². The fourth-order valence-corrected chi connectivity index (χ4v) is 1.86. The third kappa shape index (κ3) is 7.36. The summed E-state index contributed by atoms with van der Waals surface area (Å²) < 4.78 is 9.82. The molecule has 0 aromatic carbocycles. The number of rotatable bonds is 9. The molecule has 0 saturated carbocycles. The summed E-state index contributed by atoms with van der Waals surface area (Å²) >= 11 is 0. The molecule has 1 N–H and O–H groups in total. The summed E-state index contributed by atoms with van der Waals surface area (Å²) in [6, 6.07) is -0.148. The van der Waals surface area contributed by atoms with Crippen LogP contribution in [0.5, 0.6) is 0 Å². The van der Waals surface area contributed by atoms with Crippen molar-refractivity contribution in [2.24, 2.45) is 11.8 Å². The SMILES string of the molecule is CCCCCCOC(=O)C(C)C(C)C(C)NC(=O)OC. The topological polar surface area (TPSA) is 64.6 Å². The van der Waals surface area contributed by atoms with Gasteiger partial charge in [0.05, 0.1) is 19.6 Å². The first-order valence-electron chi connectivity index (χ1n) is 7.45. The number of unbranched alkanes of at least 4 members (excludes halogenated alkanes) is 3. The quantitative estimate of drug-likeness (QED) is 0.522. The minimum Gasteiger partial charge on any atom is -0.465 e. The molecule has 0 rings (SSSR count). The molecule has 118 valence electrons. The number of ether oxygens (including phenoxy) is 2. The summed E-state index contributed by atoms with van der Waals surface area (Å²) in [5, 5.41) is 2.68. The number of carbonyl (C=O) groups excluding carboxylic acids is 2. The molecule has 0 aliphatic carbocycles. The van der Waals surface area contributed by atoms with Crippen LogP contribution in [0.25, 0.3) is 0 Å². The predicted octanol–water partition coefficient (Wildman–Crippen LogP) is 3.13. The van der Waals surface area contributed by atoms with Crippen LogP contribution in [0.2, 0.25) is 0 Å². The molecule has 5 nitrogen and oxygen atoms in total. The summed E-state index contributed by atoms with van der Waals surface area (Å²) in [5.74, 6) is -0.474. The Morgan fingerprint density at radius 3 is 2.30 bits per heavy atom. The largest absolute Gasteiger partial charge is 0.465 e. The van der Waals surface area contributed by atoms with Crippen molar-refractivity contribution in [2.45, 2.75) is 59.4 Å². The van der Waals surface area contributed by atoms with Crippen LogP contribution in [0.1, 0.15) is 53.4 Å². The van der Waals surface area contributed by atoms with Crippen LogP contribution in [-0.2, 0) is 14.3 Å². The first-order chi connectivity index (χ1) is 9.43. The highest BCUT2D eigenvalue weighted by molar-refractivity contribution is 5.72. The molecule has 0 spiro atoms. The van der Waals surface area contributed by atoms with Gasteiger partial charge in [-0.3, -0.25) is 4.79 Å². The second-order valence-electron chi connectivity index (χ2n) is 5.30. The summed E-state index contributed by atoms with van der Waals surface area (Å²) in [4.78, 5) is 23.1. The molecule has 3 unspecified atom stereocenters. The summed E-state index contributed by atoms with van der Waals surface area (Å²) in [5.41, 5.74) is 0. The molecule has 0 bridgehead atoms. The van der Waals surface area contributed by atoms with Crippen molar-refractivity contribution < 1.29 is 19.1 Å². The minimum atomic E-state index is -0.482. The van der Waals surface area contributed by atoms with Gasteiger partial charge in [-0.25, -0.2) is 4.79 Å². The lowest BCUT2D eigenvalue weighted by Gasteiger charge is -2.25. The number of esters is 1. The number of alkyl carbamates (subject to hydrolysis) is 1. The highest BCUT2D eigenvalue weighted by Gasteiger charge is 2.27. The zero-order valence-electron chi connectivity index (χ0n) is 13.4. The average molecular weight is 287 g/mol.